The van der Waals surface area contributed by atoms with Crippen LogP contribution in [0.4, 0.5) is 0 Å². The van der Waals surface area contributed by atoms with Crippen molar-refractivity contribution in [3.63, 3.8) is 0 Å². The Kier molecular flexibility index (Phi) is 4.38. The van der Waals surface area contributed by atoms with Crippen molar-refractivity contribution >= 4 is 5.91 Å². The van der Waals surface area contributed by atoms with Crippen LogP contribution in [0.3, 0.4) is 0 Å². The number of hydrogen-bond acceptors (Lipinski definition) is 2. The number of rotatable bonds is 1. The van der Waals surface area contributed by atoms with Crippen molar-refractivity contribution in [2.45, 2.75) is 33.1 Å². The molecule has 3 nitrogen and oxygen atoms in total. The number of aromatic hydroxyl groups is 1. The second kappa shape index (κ2) is 5.59. The third-order valence-electron chi connectivity index (χ3n) is 2.51. The Morgan fingerprint density at radius 2 is 2.06 bits per heavy atom. The molecule has 0 aliphatic carbocycles. The Morgan fingerprint density at radius 1 is 1.39 bits per heavy atom. The van der Waals surface area contributed by atoms with E-state index in [1.165, 1.54) is 6.92 Å². The highest BCUT2D eigenvalue weighted by molar-refractivity contribution is 5.73. The predicted octanol–water partition coefficient (Wildman–Crippen LogP) is 2.18. The van der Waals surface area contributed by atoms with E-state index < -0.39 is 0 Å². The molecule has 2 N–H and O–H groups in total. The molecule has 1 rings (SSSR count). The van der Waals surface area contributed by atoms with E-state index in [0.29, 0.717) is 5.56 Å². The molecule has 18 heavy (non-hydrogen) atoms. The molecule has 1 aromatic rings. The summed E-state index contributed by atoms with van der Waals surface area (Å²) in [6.45, 7) is 8.05. The molecule has 0 radical (unpaired) electrons. The van der Waals surface area contributed by atoms with Crippen LogP contribution in [0, 0.1) is 11.8 Å². The highest BCUT2D eigenvalue weighted by Crippen LogP contribution is 2.26. The Labute approximate surface area is 108 Å². The maximum atomic E-state index is 10.7. The fourth-order valence-corrected chi connectivity index (χ4v) is 1.41. The molecule has 0 unspecified atom stereocenters. The van der Waals surface area contributed by atoms with Crippen molar-refractivity contribution < 1.29 is 9.90 Å². The first kappa shape index (κ1) is 14.1. The Bertz CT molecular complexity index is 501. The number of carbonyl (C=O) groups is 1. The Balaban J connectivity index is 2.91. The molecule has 0 aromatic heterocycles. The zero-order valence-electron chi connectivity index (χ0n) is 11.3. The van der Waals surface area contributed by atoms with Gasteiger partial charge in [0.1, 0.15) is 5.75 Å². The summed E-state index contributed by atoms with van der Waals surface area (Å²) in [5.41, 5.74) is 1.72. The van der Waals surface area contributed by atoms with Gasteiger partial charge in [0.2, 0.25) is 5.91 Å². The average Bonchev–Trinajstić information content (AvgIpc) is 2.24. The van der Waals surface area contributed by atoms with Gasteiger partial charge in [0, 0.05) is 6.92 Å². The molecule has 0 atom stereocenters. The minimum atomic E-state index is -0.114. The first-order chi connectivity index (χ1) is 8.30. The largest absolute Gasteiger partial charge is 0.507 e. The number of benzene rings is 1. The van der Waals surface area contributed by atoms with Crippen LogP contribution in [0.15, 0.2) is 18.2 Å². The summed E-state index contributed by atoms with van der Waals surface area (Å²) in [4.78, 5) is 10.7. The standard InChI is InChI=1S/C15H19NO2/c1-11(17)16-9-5-6-12-10-13(15(2,3)4)7-8-14(12)18/h7-8,10,18H,9H2,1-4H3,(H,16,17). The lowest BCUT2D eigenvalue weighted by molar-refractivity contribution is -0.118. The number of amides is 1. The first-order valence-corrected chi connectivity index (χ1v) is 5.87. The van der Waals surface area contributed by atoms with Crippen LogP contribution in [-0.4, -0.2) is 17.6 Å². The number of phenols is 1. The van der Waals surface area contributed by atoms with Crippen molar-refractivity contribution in [1.82, 2.24) is 5.32 Å². The molecule has 96 valence electrons. The van der Waals surface area contributed by atoms with Crippen LogP contribution in [0.1, 0.15) is 38.8 Å². The fourth-order valence-electron chi connectivity index (χ4n) is 1.41. The van der Waals surface area contributed by atoms with E-state index in [2.05, 4.69) is 37.9 Å². The van der Waals surface area contributed by atoms with Gasteiger partial charge in [-0.15, -0.1) is 0 Å². The van der Waals surface area contributed by atoms with Gasteiger partial charge in [-0.25, -0.2) is 0 Å². The van der Waals surface area contributed by atoms with Crippen LogP contribution >= 0.6 is 0 Å². The molecule has 0 aliphatic rings. The molecule has 3 heteroatoms. The van der Waals surface area contributed by atoms with Gasteiger partial charge >= 0.3 is 0 Å². The van der Waals surface area contributed by atoms with Crippen LogP contribution in [0.5, 0.6) is 5.75 Å². The Morgan fingerprint density at radius 3 is 2.61 bits per heavy atom. The molecule has 0 saturated carbocycles. The SMILES string of the molecule is CC(=O)NCC#Cc1cc(C(C)(C)C)ccc1O. The maximum Gasteiger partial charge on any atom is 0.217 e. The highest BCUT2D eigenvalue weighted by atomic mass is 16.3. The fraction of sp³-hybridized carbons (Fsp3) is 0.400. The molecular weight excluding hydrogens is 226 g/mol. The van der Waals surface area contributed by atoms with Crippen LogP contribution in [-0.2, 0) is 10.2 Å². The lowest BCUT2D eigenvalue weighted by atomic mass is 9.86. The number of phenolic OH excluding ortho intramolecular Hbond substituents is 1. The summed E-state index contributed by atoms with van der Waals surface area (Å²) in [6, 6.07) is 5.44. The van der Waals surface area contributed by atoms with E-state index in [1.807, 2.05) is 12.1 Å². The minimum Gasteiger partial charge on any atom is -0.507 e. The summed E-state index contributed by atoms with van der Waals surface area (Å²) in [6.07, 6.45) is 0. The lowest BCUT2D eigenvalue weighted by Gasteiger charge is -2.19. The van der Waals surface area contributed by atoms with Gasteiger partial charge in [0.15, 0.2) is 0 Å². The van der Waals surface area contributed by atoms with Gasteiger partial charge in [-0.1, -0.05) is 38.7 Å². The number of hydrogen-bond donors (Lipinski definition) is 2. The number of carbonyl (C=O) groups excluding carboxylic acids is 1. The zero-order valence-corrected chi connectivity index (χ0v) is 11.3. The summed E-state index contributed by atoms with van der Waals surface area (Å²) < 4.78 is 0. The van der Waals surface area contributed by atoms with Gasteiger partial charge < -0.3 is 10.4 Å². The van der Waals surface area contributed by atoms with E-state index in [4.69, 9.17) is 0 Å². The monoisotopic (exact) mass is 245 g/mol. The van der Waals surface area contributed by atoms with Crippen molar-refractivity contribution in [3.05, 3.63) is 29.3 Å². The normalized spacial score (nSPS) is 10.4. The van der Waals surface area contributed by atoms with E-state index in [9.17, 15) is 9.90 Å². The molecule has 0 bridgehead atoms. The van der Waals surface area contributed by atoms with E-state index >= 15 is 0 Å². The van der Waals surface area contributed by atoms with E-state index in [0.717, 1.165) is 5.56 Å². The van der Waals surface area contributed by atoms with Crippen molar-refractivity contribution in [2.24, 2.45) is 0 Å². The smallest absolute Gasteiger partial charge is 0.217 e. The molecule has 1 aromatic carbocycles. The third kappa shape index (κ3) is 4.14. The van der Waals surface area contributed by atoms with Crippen molar-refractivity contribution in [1.29, 1.82) is 0 Å². The van der Waals surface area contributed by atoms with E-state index in [1.54, 1.807) is 6.07 Å². The minimum absolute atomic E-state index is 0.0156. The molecule has 0 aliphatic heterocycles. The van der Waals surface area contributed by atoms with Crippen molar-refractivity contribution in [2.75, 3.05) is 6.54 Å². The van der Waals surface area contributed by atoms with Crippen molar-refractivity contribution in [3.8, 4) is 17.6 Å². The van der Waals surface area contributed by atoms with Gasteiger partial charge in [-0.2, -0.15) is 0 Å². The second-order valence-electron chi connectivity index (χ2n) is 5.19. The summed E-state index contributed by atoms with van der Waals surface area (Å²) in [7, 11) is 0. The predicted molar refractivity (Wildman–Crippen MR) is 72.4 cm³/mol. The molecule has 1 amide bonds. The summed E-state index contributed by atoms with van der Waals surface area (Å²) in [5, 5.41) is 12.3. The average molecular weight is 245 g/mol. The number of nitrogens with one attached hydrogen (secondary N) is 1. The lowest BCUT2D eigenvalue weighted by Crippen LogP contribution is -2.19. The van der Waals surface area contributed by atoms with Gasteiger partial charge in [0.25, 0.3) is 0 Å². The van der Waals surface area contributed by atoms with Crippen LogP contribution in [0.25, 0.3) is 0 Å². The quantitative estimate of drug-likeness (QED) is 0.745. The molecular formula is C15H19NO2. The zero-order chi connectivity index (χ0) is 13.8. The molecule has 0 heterocycles. The summed E-state index contributed by atoms with van der Waals surface area (Å²) in [5.74, 6) is 5.73. The highest BCUT2D eigenvalue weighted by Gasteiger charge is 2.14. The topological polar surface area (TPSA) is 49.3 Å². The van der Waals surface area contributed by atoms with Crippen LogP contribution in [0.2, 0.25) is 0 Å². The van der Waals surface area contributed by atoms with E-state index in [-0.39, 0.29) is 23.6 Å². The Hall–Kier alpha value is -1.95. The van der Waals surface area contributed by atoms with Gasteiger partial charge in [-0.3, -0.25) is 4.79 Å². The van der Waals surface area contributed by atoms with Gasteiger partial charge in [-0.05, 0) is 23.1 Å². The van der Waals surface area contributed by atoms with Gasteiger partial charge in [0.05, 0.1) is 12.1 Å². The maximum absolute atomic E-state index is 10.7. The molecule has 0 saturated heterocycles. The van der Waals surface area contributed by atoms with Crippen LogP contribution < -0.4 is 5.32 Å². The second-order valence-corrected chi connectivity index (χ2v) is 5.19. The molecule has 0 fully saturated rings. The third-order valence-corrected chi connectivity index (χ3v) is 2.51. The summed E-state index contributed by atoms with van der Waals surface area (Å²) >= 11 is 0. The first-order valence-electron chi connectivity index (χ1n) is 5.87. The molecule has 0 spiro atoms.